The lowest BCUT2D eigenvalue weighted by atomic mass is 9.80. The van der Waals surface area contributed by atoms with Crippen LogP contribution in [0.25, 0.3) is 0 Å². The minimum atomic E-state index is 0.0173. The Kier molecular flexibility index (Phi) is 10.6. The van der Waals surface area contributed by atoms with Gasteiger partial charge in [-0.2, -0.15) is 0 Å². The standard InChI is InChI=1S/C36H47NO2/c1-5-6-7-8-9-10-11-12-13-14-15-22-37-36(38)29-19-18-28(4)32(25-29)35-30-20-16-26(2)23-33(30)39-34-24-27(3)17-21-31(34)35/h16-21,23-25,35H,5-15,22H2,1-4H3,(H,37,38). The van der Waals surface area contributed by atoms with E-state index in [4.69, 9.17) is 4.74 Å². The molecule has 0 atom stereocenters. The second-order valence-electron chi connectivity index (χ2n) is 11.5. The van der Waals surface area contributed by atoms with Crippen molar-refractivity contribution in [1.82, 2.24) is 5.32 Å². The molecule has 4 rings (SSSR count). The van der Waals surface area contributed by atoms with Gasteiger partial charge in [-0.15, -0.1) is 0 Å². The third-order valence-electron chi connectivity index (χ3n) is 8.10. The van der Waals surface area contributed by atoms with Crippen LogP contribution in [0.5, 0.6) is 11.5 Å². The van der Waals surface area contributed by atoms with Crippen LogP contribution >= 0.6 is 0 Å². The molecule has 0 spiro atoms. The summed E-state index contributed by atoms with van der Waals surface area (Å²) in [5.74, 6) is 1.86. The van der Waals surface area contributed by atoms with Crippen molar-refractivity contribution in [2.24, 2.45) is 0 Å². The Hall–Kier alpha value is -3.07. The molecule has 0 aromatic heterocycles. The largest absolute Gasteiger partial charge is 0.457 e. The van der Waals surface area contributed by atoms with E-state index in [1.54, 1.807) is 0 Å². The first kappa shape index (κ1) is 28.9. The smallest absolute Gasteiger partial charge is 0.251 e. The van der Waals surface area contributed by atoms with Gasteiger partial charge in [0.15, 0.2) is 0 Å². The van der Waals surface area contributed by atoms with Crippen LogP contribution in [0.3, 0.4) is 0 Å². The van der Waals surface area contributed by atoms with Crippen LogP contribution in [0.2, 0.25) is 0 Å². The Labute approximate surface area is 236 Å². The molecule has 1 heterocycles. The molecule has 1 N–H and O–H groups in total. The van der Waals surface area contributed by atoms with Gasteiger partial charge in [-0.1, -0.05) is 101 Å². The van der Waals surface area contributed by atoms with Gasteiger partial charge < -0.3 is 10.1 Å². The lowest BCUT2D eigenvalue weighted by Gasteiger charge is -2.30. The monoisotopic (exact) mass is 525 g/mol. The van der Waals surface area contributed by atoms with Gasteiger partial charge in [0.25, 0.3) is 5.91 Å². The van der Waals surface area contributed by atoms with Gasteiger partial charge in [0.05, 0.1) is 0 Å². The summed E-state index contributed by atoms with van der Waals surface area (Å²) in [7, 11) is 0. The zero-order valence-corrected chi connectivity index (χ0v) is 24.6. The molecule has 0 aliphatic carbocycles. The van der Waals surface area contributed by atoms with Crippen molar-refractivity contribution in [3.63, 3.8) is 0 Å². The van der Waals surface area contributed by atoms with Gasteiger partial charge in [0.1, 0.15) is 11.5 Å². The topological polar surface area (TPSA) is 38.3 Å². The van der Waals surface area contributed by atoms with Gasteiger partial charge in [-0.05, 0) is 73.7 Å². The van der Waals surface area contributed by atoms with Crippen molar-refractivity contribution in [3.8, 4) is 11.5 Å². The average Bonchev–Trinajstić information content (AvgIpc) is 2.92. The minimum absolute atomic E-state index is 0.0173. The molecule has 3 nitrogen and oxygen atoms in total. The molecule has 1 aliphatic rings. The number of rotatable bonds is 14. The van der Waals surface area contributed by atoms with Crippen LogP contribution in [0.4, 0.5) is 0 Å². The highest BCUT2D eigenvalue weighted by Crippen LogP contribution is 2.48. The highest BCUT2D eigenvalue weighted by atomic mass is 16.5. The van der Waals surface area contributed by atoms with Crippen LogP contribution in [-0.4, -0.2) is 12.5 Å². The molecule has 3 aromatic rings. The first-order valence-corrected chi connectivity index (χ1v) is 15.3. The summed E-state index contributed by atoms with van der Waals surface area (Å²) >= 11 is 0. The number of fused-ring (bicyclic) bond motifs is 2. The van der Waals surface area contributed by atoms with E-state index in [2.05, 4.69) is 81.5 Å². The van der Waals surface area contributed by atoms with Gasteiger partial charge in [0.2, 0.25) is 0 Å². The van der Waals surface area contributed by atoms with Crippen LogP contribution in [0.1, 0.15) is 127 Å². The molecule has 3 aromatic carbocycles. The summed E-state index contributed by atoms with van der Waals surface area (Å²) in [5, 5.41) is 3.17. The molecule has 0 saturated carbocycles. The summed E-state index contributed by atoms with van der Waals surface area (Å²) in [6, 6.07) is 19.0. The number of carbonyl (C=O) groups excluding carboxylic acids is 1. The van der Waals surface area contributed by atoms with Gasteiger partial charge >= 0.3 is 0 Å². The quantitative estimate of drug-likeness (QED) is 0.166. The van der Waals surface area contributed by atoms with E-state index in [0.29, 0.717) is 0 Å². The fraction of sp³-hybridized carbons (Fsp3) is 0.472. The van der Waals surface area contributed by atoms with Crippen molar-refractivity contribution in [2.75, 3.05) is 6.54 Å². The second kappa shape index (κ2) is 14.4. The number of unbranched alkanes of at least 4 members (excludes halogenated alkanes) is 10. The van der Waals surface area contributed by atoms with Crippen LogP contribution in [-0.2, 0) is 0 Å². The maximum Gasteiger partial charge on any atom is 0.251 e. The third kappa shape index (κ3) is 7.75. The Balaban J connectivity index is 1.35. The van der Waals surface area contributed by atoms with E-state index in [1.165, 1.54) is 80.9 Å². The zero-order chi connectivity index (χ0) is 27.6. The molecule has 208 valence electrons. The number of hydrogen-bond acceptors (Lipinski definition) is 2. The molecule has 0 radical (unpaired) electrons. The SMILES string of the molecule is CCCCCCCCCCCCCNC(=O)c1ccc(C)c(C2c3ccc(C)cc3Oc3cc(C)ccc32)c1. The van der Waals surface area contributed by atoms with E-state index < -0.39 is 0 Å². The highest BCUT2D eigenvalue weighted by molar-refractivity contribution is 5.94. The predicted molar refractivity (Wildman–Crippen MR) is 163 cm³/mol. The van der Waals surface area contributed by atoms with Gasteiger partial charge in [-0.3, -0.25) is 4.79 Å². The fourth-order valence-corrected chi connectivity index (χ4v) is 5.74. The zero-order valence-electron chi connectivity index (χ0n) is 24.6. The second-order valence-corrected chi connectivity index (χ2v) is 11.5. The number of nitrogens with one attached hydrogen (secondary N) is 1. The van der Waals surface area contributed by atoms with E-state index in [0.717, 1.165) is 46.7 Å². The maximum absolute atomic E-state index is 13.1. The van der Waals surface area contributed by atoms with Crippen molar-refractivity contribution in [1.29, 1.82) is 0 Å². The van der Waals surface area contributed by atoms with E-state index in [1.807, 2.05) is 6.07 Å². The third-order valence-corrected chi connectivity index (χ3v) is 8.10. The normalized spacial score (nSPS) is 12.5. The lowest BCUT2D eigenvalue weighted by Crippen LogP contribution is -2.25. The van der Waals surface area contributed by atoms with Crippen molar-refractivity contribution in [2.45, 2.75) is 104 Å². The molecule has 0 fully saturated rings. The predicted octanol–water partition coefficient (Wildman–Crippen LogP) is 9.94. The first-order valence-electron chi connectivity index (χ1n) is 15.3. The molecule has 39 heavy (non-hydrogen) atoms. The van der Waals surface area contributed by atoms with E-state index >= 15 is 0 Å². The van der Waals surface area contributed by atoms with Crippen LogP contribution < -0.4 is 10.1 Å². The minimum Gasteiger partial charge on any atom is -0.457 e. The number of carbonyl (C=O) groups is 1. The van der Waals surface area contributed by atoms with Crippen LogP contribution in [0.15, 0.2) is 54.6 Å². The van der Waals surface area contributed by atoms with E-state index in [9.17, 15) is 4.79 Å². The molecular weight excluding hydrogens is 478 g/mol. The highest BCUT2D eigenvalue weighted by Gasteiger charge is 2.30. The van der Waals surface area contributed by atoms with Gasteiger partial charge in [-0.25, -0.2) is 0 Å². The Morgan fingerprint density at radius 2 is 1.21 bits per heavy atom. The van der Waals surface area contributed by atoms with Crippen molar-refractivity contribution < 1.29 is 9.53 Å². The molecule has 0 saturated heterocycles. The van der Waals surface area contributed by atoms with Gasteiger partial charge in [0, 0.05) is 29.2 Å². The number of aryl methyl sites for hydroxylation is 3. The first-order chi connectivity index (χ1) is 19.0. The summed E-state index contributed by atoms with van der Waals surface area (Å²) < 4.78 is 6.36. The van der Waals surface area contributed by atoms with Crippen molar-refractivity contribution in [3.05, 3.63) is 93.5 Å². The Morgan fingerprint density at radius 1 is 0.667 bits per heavy atom. The van der Waals surface area contributed by atoms with E-state index in [-0.39, 0.29) is 11.8 Å². The summed E-state index contributed by atoms with van der Waals surface area (Å²) in [5.41, 5.74) is 7.73. The number of ether oxygens (including phenoxy) is 1. The lowest BCUT2D eigenvalue weighted by molar-refractivity contribution is 0.0953. The molecule has 1 amide bonds. The summed E-state index contributed by atoms with van der Waals surface area (Å²) in [4.78, 5) is 13.1. The molecule has 3 heteroatoms. The maximum atomic E-state index is 13.1. The molecular formula is C36H47NO2. The van der Waals surface area contributed by atoms with Crippen molar-refractivity contribution >= 4 is 5.91 Å². The fourth-order valence-electron chi connectivity index (χ4n) is 5.74. The number of amides is 1. The summed E-state index contributed by atoms with van der Waals surface area (Å²) in [6.07, 6.45) is 14.4. The average molecular weight is 526 g/mol. The number of hydrogen-bond donors (Lipinski definition) is 1. The Morgan fingerprint density at radius 3 is 1.77 bits per heavy atom. The molecule has 0 unspecified atom stereocenters. The molecule has 0 bridgehead atoms. The summed E-state index contributed by atoms with van der Waals surface area (Å²) in [6.45, 7) is 9.33. The number of benzene rings is 3. The molecule has 1 aliphatic heterocycles. The van der Waals surface area contributed by atoms with Crippen LogP contribution in [0, 0.1) is 20.8 Å². The Bertz CT molecular complexity index is 1190.